The molecule has 10 nitrogen and oxygen atoms in total. The first kappa shape index (κ1) is 26.7. The van der Waals surface area contributed by atoms with Gasteiger partial charge in [0, 0.05) is 56.5 Å². The molecule has 0 saturated carbocycles. The molecule has 4 heterocycles. The van der Waals surface area contributed by atoms with E-state index >= 15 is 0 Å². The molecule has 3 aromatic rings. The van der Waals surface area contributed by atoms with E-state index in [9.17, 15) is 18.4 Å². The van der Waals surface area contributed by atoms with E-state index in [1.165, 1.54) is 12.4 Å². The lowest BCUT2D eigenvalue weighted by Gasteiger charge is -2.49. The summed E-state index contributed by atoms with van der Waals surface area (Å²) >= 11 is 0. The summed E-state index contributed by atoms with van der Waals surface area (Å²) in [4.78, 5) is 38.6. The van der Waals surface area contributed by atoms with Gasteiger partial charge in [0.1, 0.15) is 5.82 Å². The molecule has 1 N–H and O–H groups in total. The van der Waals surface area contributed by atoms with E-state index in [1.54, 1.807) is 6.20 Å². The first-order chi connectivity index (χ1) is 18.6. The van der Waals surface area contributed by atoms with Gasteiger partial charge in [-0.25, -0.2) is 18.7 Å². The number of halogens is 2. The zero-order valence-corrected chi connectivity index (χ0v) is 22.1. The fraction of sp³-hybridized carbons (Fsp3) is 0.444. The lowest BCUT2D eigenvalue weighted by Crippen LogP contribution is -2.64. The van der Waals surface area contributed by atoms with Gasteiger partial charge in [0.25, 0.3) is 0 Å². The molecule has 206 valence electrons. The molecule has 1 fully saturated rings. The van der Waals surface area contributed by atoms with E-state index in [2.05, 4.69) is 25.3 Å². The molecule has 1 aromatic carbocycles. The van der Waals surface area contributed by atoms with Crippen LogP contribution in [0.1, 0.15) is 32.9 Å². The smallest absolute Gasteiger partial charge is 0.242 e. The number of hydrogen-bond acceptors (Lipinski definition) is 7. The number of carbonyl (C=O) groups excluding carboxylic acids is 2. The third-order valence-corrected chi connectivity index (χ3v) is 7.41. The number of aryl methyl sites for hydroxylation is 1. The quantitative estimate of drug-likeness (QED) is 0.513. The predicted molar refractivity (Wildman–Crippen MR) is 138 cm³/mol. The average Bonchev–Trinajstić information content (AvgIpc) is 3.38. The molecule has 0 radical (unpaired) electrons. The summed E-state index contributed by atoms with van der Waals surface area (Å²) in [5, 5.41) is 7.05. The molecular formula is C27H31F2N7O3. The van der Waals surface area contributed by atoms with Crippen molar-refractivity contribution in [1.29, 1.82) is 0 Å². The van der Waals surface area contributed by atoms with Gasteiger partial charge in [-0.3, -0.25) is 19.2 Å². The Balaban J connectivity index is 1.16. The molecule has 1 saturated heterocycles. The number of nitrogens with one attached hydrogen (secondary N) is 1. The number of amides is 2. The van der Waals surface area contributed by atoms with Crippen molar-refractivity contribution in [2.45, 2.75) is 51.7 Å². The van der Waals surface area contributed by atoms with Gasteiger partial charge in [0.2, 0.25) is 17.7 Å². The van der Waals surface area contributed by atoms with Crippen LogP contribution < -0.4 is 10.1 Å². The molecule has 0 spiro atoms. The van der Waals surface area contributed by atoms with Crippen molar-refractivity contribution >= 4 is 17.6 Å². The van der Waals surface area contributed by atoms with Gasteiger partial charge in [-0.05, 0) is 45.4 Å². The summed E-state index contributed by atoms with van der Waals surface area (Å²) in [5.74, 6) is -1.73. The number of hydrogen-bond donors (Lipinski definition) is 1. The van der Waals surface area contributed by atoms with Gasteiger partial charge in [-0.15, -0.1) is 0 Å². The average molecular weight is 540 g/mol. The van der Waals surface area contributed by atoms with Crippen LogP contribution in [0.4, 0.5) is 14.6 Å². The largest absolute Gasteiger partial charge is 0.434 e. The van der Waals surface area contributed by atoms with Gasteiger partial charge in [0.05, 0.1) is 24.0 Å². The van der Waals surface area contributed by atoms with Crippen LogP contribution in [0, 0.1) is 17.6 Å². The Kier molecular flexibility index (Phi) is 7.30. The summed E-state index contributed by atoms with van der Waals surface area (Å²) in [7, 11) is 0. The standard InChI is InChI=1S/C27H31F2N7O3/c1-17(25(37)33-23-14-31-24(15-30-23)39-22-5-4-19(28)13-21(22)29)34-10-11-35(27(2,3)16-34)26(38)18-7-9-36-20(12-18)6-8-32-36/h4-6,8,13-15,17-18H,7,9-12,16H2,1-3H3,(H,30,33,37)/t17-,18-/m0/s1. The van der Waals surface area contributed by atoms with Gasteiger partial charge in [-0.1, -0.05) is 0 Å². The normalized spacial score (nSPS) is 19.7. The summed E-state index contributed by atoms with van der Waals surface area (Å²) in [5.41, 5.74) is 0.641. The van der Waals surface area contributed by atoms with Gasteiger partial charge in [0.15, 0.2) is 17.4 Å². The Morgan fingerprint density at radius 2 is 1.95 bits per heavy atom. The minimum Gasteiger partial charge on any atom is -0.434 e. The summed E-state index contributed by atoms with van der Waals surface area (Å²) in [6.45, 7) is 8.26. The maximum Gasteiger partial charge on any atom is 0.242 e. The zero-order valence-electron chi connectivity index (χ0n) is 22.1. The molecule has 5 rings (SSSR count). The first-order valence-corrected chi connectivity index (χ1v) is 12.9. The summed E-state index contributed by atoms with van der Waals surface area (Å²) in [6, 6.07) is 4.44. The Bertz CT molecular complexity index is 1360. The highest BCUT2D eigenvalue weighted by molar-refractivity contribution is 5.93. The maximum atomic E-state index is 13.8. The number of ether oxygens (including phenoxy) is 1. The Labute approximate surface area is 225 Å². The van der Waals surface area contributed by atoms with Crippen LogP contribution in [0.5, 0.6) is 11.6 Å². The molecule has 0 aliphatic carbocycles. The van der Waals surface area contributed by atoms with Crippen molar-refractivity contribution in [3.05, 3.63) is 60.2 Å². The first-order valence-electron chi connectivity index (χ1n) is 12.9. The van der Waals surface area contributed by atoms with Crippen LogP contribution in [0.3, 0.4) is 0 Å². The minimum absolute atomic E-state index is 0.00323. The zero-order chi connectivity index (χ0) is 27.7. The Morgan fingerprint density at radius 1 is 1.13 bits per heavy atom. The number of fused-ring (bicyclic) bond motifs is 1. The molecule has 2 amide bonds. The van der Waals surface area contributed by atoms with E-state index in [0.29, 0.717) is 32.1 Å². The van der Waals surface area contributed by atoms with Crippen LogP contribution in [-0.2, 0) is 22.6 Å². The number of rotatable bonds is 6. The van der Waals surface area contributed by atoms with Gasteiger partial charge in [-0.2, -0.15) is 5.10 Å². The maximum absolute atomic E-state index is 13.8. The predicted octanol–water partition coefficient (Wildman–Crippen LogP) is 3.26. The second-order valence-electron chi connectivity index (χ2n) is 10.6. The second kappa shape index (κ2) is 10.7. The molecular weight excluding hydrogens is 508 g/mol. The van der Waals surface area contributed by atoms with Crippen LogP contribution in [-0.4, -0.2) is 72.6 Å². The third-order valence-electron chi connectivity index (χ3n) is 7.41. The number of carbonyl (C=O) groups is 2. The van der Waals surface area contributed by atoms with Crippen LogP contribution in [0.2, 0.25) is 0 Å². The van der Waals surface area contributed by atoms with Crippen molar-refractivity contribution in [2.75, 3.05) is 25.0 Å². The monoisotopic (exact) mass is 539 g/mol. The SMILES string of the molecule is C[C@@H](C(=O)Nc1cnc(Oc2ccc(F)cc2F)cn1)N1CCN(C(=O)[C@H]2CCn3nccc3C2)C(C)(C)C1. The number of anilines is 1. The van der Waals surface area contributed by atoms with Gasteiger partial charge >= 0.3 is 0 Å². The topological polar surface area (TPSA) is 105 Å². The highest BCUT2D eigenvalue weighted by Crippen LogP contribution is 2.29. The van der Waals surface area contributed by atoms with Crippen molar-refractivity contribution in [2.24, 2.45) is 5.92 Å². The van der Waals surface area contributed by atoms with Crippen molar-refractivity contribution in [3.8, 4) is 11.6 Å². The van der Waals surface area contributed by atoms with Crippen LogP contribution in [0.15, 0.2) is 42.9 Å². The van der Waals surface area contributed by atoms with Crippen LogP contribution >= 0.6 is 0 Å². The molecule has 2 aliphatic heterocycles. The second-order valence-corrected chi connectivity index (χ2v) is 10.6. The Morgan fingerprint density at radius 3 is 2.67 bits per heavy atom. The number of benzene rings is 1. The summed E-state index contributed by atoms with van der Waals surface area (Å²) in [6.07, 6.45) is 5.79. The molecule has 0 bridgehead atoms. The molecule has 2 atom stereocenters. The third kappa shape index (κ3) is 5.75. The van der Waals surface area contributed by atoms with E-state index in [-0.39, 0.29) is 35.2 Å². The molecule has 39 heavy (non-hydrogen) atoms. The van der Waals surface area contributed by atoms with Crippen molar-refractivity contribution < 1.29 is 23.1 Å². The highest BCUT2D eigenvalue weighted by Gasteiger charge is 2.42. The Hall–Kier alpha value is -3.93. The van der Waals surface area contributed by atoms with E-state index in [4.69, 9.17) is 4.74 Å². The van der Waals surface area contributed by atoms with Crippen molar-refractivity contribution in [1.82, 2.24) is 29.5 Å². The number of nitrogens with zero attached hydrogens (tertiary/aromatic N) is 6. The number of aromatic nitrogens is 4. The van der Waals surface area contributed by atoms with Crippen LogP contribution in [0.25, 0.3) is 0 Å². The summed E-state index contributed by atoms with van der Waals surface area (Å²) < 4.78 is 34.2. The fourth-order valence-corrected chi connectivity index (χ4v) is 5.23. The molecule has 12 heteroatoms. The lowest BCUT2D eigenvalue weighted by molar-refractivity contribution is -0.147. The lowest BCUT2D eigenvalue weighted by atomic mass is 9.90. The number of piperazine rings is 1. The van der Waals surface area contributed by atoms with E-state index in [0.717, 1.165) is 30.8 Å². The fourth-order valence-electron chi connectivity index (χ4n) is 5.23. The van der Waals surface area contributed by atoms with Gasteiger partial charge < -0.3 is 15.0 Å². The van der Waals surface area contributed by atoms with E-state index in [1.807, 2.05) is 36.4 Å². The minimum atomic E-state index is -0.862. The molecule has 2 aromatic heterocycles. The highest BCUT2D eigenvalue weighted by atomic mass is 19.1. The van der Waals surface area contributed by atoms with Crippen molar-refractivity contribution in [3.63, 3.8) is 0 Å². The molecule has 0 unspecified atom stereocenters. The molecule has 2 aliphatic rings. The van der Waals surface area contributed by atoms with E-state index < -0.39 is 23.2 Å².